The van der Waals surface area contributed by atoms with Crippen LogP contribution in [0.1, 0.15) is 29.8 Å². The SMILES string of the molecule is C=C(CNCC)CN1C(=O)C(=O)c2cc(CC)ccc21. The average molecular weight is 272 g/mol. The number of carbonyl (C=O) groups is 2. The van der Waals surface area contributed by atoms with Crippen LogP contribution in [0.2, 0.25) is 0 Å². The number of hydrogen-bond acceptors (Lipinski definition) is 3. The standard InChI is InChI=1S/C16H20N2O2/c1-4-12-6-7-14-13(8-12)15(19)16(20)18(14)10-11(3)9-17-5-2/h6-8,17H,3-5,9-10H2,1-2H3. The number of aryl methyl sites for hydroxylation is 1. The Morgan fingerprint density at radius 3 is 2.70 bits per heavy atom. The summed E-state index contributed by atoms with van der Waals surface area (Å²) in [5, 5.41) is 3.17. The lowest BCUT2D eigenvalue weighted by molar-refractivity contribution is -0.114. The average Bonchev–Trinajstić information content (AvgIpc) is 2.69. The van der Waals surface area contributed by atoms with Crippen LogP contribution in [0.5, 0.6) is 0 Å². The van der Waals surface area contributed by atoms with Crippen LogP contribution >= 0.6 is 0 Å². The topological polar surface area (TPSA) is 49.4 Å². The molecule has 20 heavy (non-hydrogen) atoms. The van der Waals surface area contributed by atoms with Crippen molar-refractivity contribution in [1.29, 1.82) is 0 Å². The zero-order chi connectivity index (χ0) is 14.7. The Hall–Kier alpha value is -1.94. The molecule has 4 nitrogen and oxygen atoms in total. The van der Waals surface area contributed by atoms with Gasteiger partial charge in [0.25, 0.3) is 11.7 Å². The second-order valence-corrected chi connectivity index (χ2v) is 4.96. The van der Waals surface area contributed by atoms with E-state index in [1.165, 1.54) is 4.90 Å². The van der Waals surface area contributed by atoms with Crippen molar-refractivity contribution < 1.29 is 9.59 Å². The number of Topliss-reactive ketones (excluding diaryl/α,β-unsaturated/α-hetero) is 1. The van der Waals surface area contributed by atoms with E-state index in [9.17, 15) is 9.59 Å². The van der Waals surface area contributed by atoms with Crippen molar-refractivity contribution in [3.8, 4) is 0 Å². The molecule has 2 rings (SSSR count). The number of anilines is 1. The lowest BCUT2D eigenvalue weighted by Crippen LogP contribution is -2.33. The quantitative estimate of drug-likeness (QED) is 0.636. The predicted octanol–water partition coefficient (Wildman–Crippen LogP) is 1.94. The minimum Gasteiger partial charge on any atom is -0.313 e. The molecule has 4 heteroatoms. The van der Waals surface area contributed by atoms with E-state index in [0.717, 1.165) is 24.1 Å². The monoisotopic (exact) mass is 272 g/mol. The van der Waals surface area contributed by atoms with Crippen LogP contribution in [0.4, 0.5) is 5.69 Å². The minimum absolute atomic E-state index is 0.385. The van der Waals surface area contributed by atoms with Crippen molar-refractivity contribution in [2.45, 2.75) is 20.3 Å². The maximum atomic E-state index is 12.1. The molecule has 0 aliphatic carbocycles. The van der Waals surface area contributed by atoms with E-state index in [1.807, 2.05) is 32.0 Å². The lowest BCUT2D eigenvalue weighted by Gasteiger charge is -2.18. The molecule has 1 aliphatic heterocycles. The third kappa shape index (κ3) is 2.65. The predicted molar refractivity (Wildman–Crippen MR) is 80.2 cm³/mol. The van der Waals surface area contributed by atoms with Gasteiger partial charge in [-0.2, -0.15) is 0 Å². The zero-order valence-corrected chi connectivity index (χ0v) is 12.0. The van der Waals surface area contributed by atoms with Gasteiger partial charge in [-0.3, -0.25) is 9.59 Å². The van der Waals surface area contributed by atoms with E-state index in [0.29, 0.717) is 24.3 Å². The van der Waals surface area contributed by atoms with E-state index in [2.05, 4.69) is 11.9 Å². The minimum atomic E-state index is -0.453. The van der Waals surface area contributed by atoms with Gasteiger partial charge in [-0.25, -0.2) is 0 Å². The number of benzene rings is 1. The molecule has 0 unspecified atom stereocenters. The molecule has 1 aliphatic rings. The Labute approximate surface area is 119 Å². The molecule has 1 aromatic carbocycles. The van der Waals surface area contributed by atoms with Gasteiger partial charge in [-0.1, -0.05) is 26.5 Å². The molecular weight excluding hydrogens is 252 g/mol. The first-order chi connectivity index (χ1) is 9.58. The molecule has 0 radical (unpaired) electrons. The van der Waals surface area contributed by atoms with Crippen LogP contribution in [0.15, 0.2) is 30.4 Å². The third-order valence-corrected chi connectivity index (χ3v) is 3.45. The normalized spacial score (nSPS) is 13.8. The lowest BCUT2D eigenvalue weighted by atomic mass is 10.1. The molecular formula is C16H20N2O2. The van der Waals surface area contributed by atoms with Crippen molar-refractivity contribution in [1.82, 2.24) is 5.32 Å². The molecule has 1 N–H and O–H groups in total. The number of carbonyl (C=O) groups excluding carboxylic acids is 2. The van der Waals surface area contributed by atoms with Crippen LogP contribution in [0.3, 0.4) is 0 Å². The van der Waals surface area contributed by atoms with Crippen molar-refractivity contribution in [3.05, 3.63) is 41.5 Å². The summed E-state index contributed by atoms with van der Waals surface area (Å²) in [6.07, 6.45) is 0.849. The van der Waals surface area contributed by atoms with E-state index in [4.69, 9.17) is 0 Å². The largest absolute Gasteiger partial charge is 0.313 e. The van der Waals surface area contributed by atoms with Gasteiger partial charge in [-0.05, 0) is 36.2 Å². The fourth-order valence-electron chi connectivity index (χ4n) is 2.31. The highest BCUT2D eigenvalue weighted by molar-refractivity contribution is 6.52. The molecule has 0 bridgehead atoms. The fourth-order valence-corrected chi connectivity index (χ4v) is 2.31. The molecule has 0 spiro atoms. The fraction of sp³-hybridized carbons (Fsp3) is 0.375. The van der Waals surface area contributed by atoms with Gasteiger partial charge >= 0.3 is 0 Å². The zero-order valence-electron chi connectivity index (χ0n) is 12.0. The summed E-state index contributed by atoms with van der Waals surface area (Å²) < 4.78 is 0. The third-order valence-electron chi connectivity index (χ3n) is 3.45. The van der Waals surface area contributed by atoms with E-state index < -0.39 is 11.7 Å². The smallest absolute Gasteiger partial charge is 0.299 e. The van der Waals surface area contributed by atoms with Crippen LogP contribution in [0.25, 0.3) is 0 Å². The van der Waals surface area contributed by atoms with Crippen LogP contribution in [-0.4, -0.2) is 31.3 Å². The first kappa shape index (κ1) is 14.5. The highest BCUT2D eigenvalue weighted by Gasteiger charge is 2.35. The van der Waals surface area contributed by atoms with Crippen molar-refractivity contribution in [3.63, 3.8) is 0 Å². The Morgan fingerprint density at radius 2 is 2.05 bits per heavy atom. The van der Waals surface area contributed by atoms with E-state index >= 15 is 0 Å². The second kappa shape index (κ2) is 6.01. The number of fused-ring (bicyclic) bond motifs is 1. The summed E-state index contributed by atoms with van der Waals surface area (Å²) in [5.41, 5.74) is 3.18. The summed E-state index contributed by atoms with van der Waals surface area (Å²) >= 11 is 0. The van der Waals surface area contributed by atoms with Gasteiger partial charge in [0, 0.05) is 13.1 Å². The van der Waals surface area contributed by atoms with Crippen LogP contribution < -0.4 is 10.2 Å². The molecule has 0 saturated carbocycles. The molecule has 0 atom stereocenters. The maximum Gasteiger partial charge on any atom is 0.299 e. The van der Waals surface area contributed by atoms with Gasteiger partial charge < -0.3 is 10.2 Å². The number of ketones is 1. The highest BCUT2D eigenvalue weighted by atomic mass is 16.2. The highest BCUT2D eigenvalue weighted by Crippen LogP contribution is 2.30. The van der Waals surface area contributed by atoms with Crippen LogP contribution in [0, 0.1) is 0 Å². The Balaban J connectivity index is 2.22. The summed E-state index contributed by atoms with van der Waals surface area (Å²) in [6.45, 7) is 9.88. The number of nitrogens with zero attached hydrogens (tertiary/aromatic N) is 1. The summed E-state index contributed by atoms with van der Waals surface area (Å²) in [6, 6.07) is 5.64. The number of amides is 1. The van der Waals surface area contributed by atoms with Gasteiger partial charge in [0.05, 0.1) is 11.3 Å². The maximum absolute atomic E-state index is 12.1. The number of hydrogen-bond donors (Lipinski definition) is 1. The van der Waals surface area contributed by atoms with Gasteiger partial charge in [-0.15, -0.1) is 0 Å². The first-order valence-corrected chi connectivity index (χ1v) is 6.95. The van der Waals surface area contributed by atoms with Gasteiger partial charge in [0.2, 0.25) is 0 Å². The molecule has 0 fully saturated rings. The van der Waals surface area contributed by atoms with Crippen molar-refractivity contribution in [2.24, 2.45) is 0 Å². The summed E-state index contributed by atoms with van der Waals surface area (Å²) in [4.78, 5) is 25.6. The Kier molecular flexibility index (Phi) is 4.35. The van der Waals surface area contributed by atoms with Gasteiger partial charge in [0.15, 0.2) is 0 Å². The Morgan fingerprint density at radius 1 is 1.30 bits per heavy atom. The van der Waals surface area contributed by atoms with E-state index in [1.54, 1.807) is 0 Å². The molecule has 1 heterocycles. The molecule has 1 amide bonds. The second-order valence-electron chi connectivity index (χ2n) is 4.96. The van der Waals surface area contributed by atoms with Crippen LogP contribution in [-0.2, 0) is 11.2 Å². The molecule has 1 aromatic rings. The first-order valence-electron chi connectivity index (χ1n) is 6.95. The molecule has 0 saturated heterocycles. The number of nitrogens with one attached hydrogen (secondary N) is 1. The Bertz CT molecular complexity index is 564. The number of likely N-dealkylation sites (N-methyl/N-ethyl adjacent to an activating group) is 1. The number of rotatable bonds is 6. The molecule has 0 aromatic heterocycles. The molecule has 106 valence electrons. The van der Waals surface area contributed by atoms with Crippen molar-refractivity contribution in [2.75, 3.05) is 24.5 Å². The summed E-state index contributed by atoms with van der Waals surface area (Å²) in [5.74, 6) is -0.863. The van der Waals surface area contributed by atoms with E-state index in [-0.39, 0.29) is 0 Å². The van der Waals surface area contributed by atoms with Gasteiger partial charge in [0.1, 0.15) is 0 Å². The summed E-state index contributed by atoms with van der Waals surface area (Å²) in [7, 11) is 0. The van der Waals surface area contributed by atoms with Crippen molar-refractivity contribution >= 4 is 17.4 Å².